The summed E-state index contributed by atoms with van der Waals surface area (Å²) in [6.45, 7) is 2.77. The minimum Gasteiger partial charge on any atom is -0.379 e. The highest BCUT2D eigenvalue weighted by molar-refractivity contribution is 7.74. The van der Waals surface area contributed by atoms with Crippen LogP contribution in [-0.4, -0.2) is 48.3 Å². The summed E-state index contributed by atoms with van der Waals surface area (Å²) in [5, 5.41) is 0. The molecule has 0 fully saturated rings. The normalized spacial score (nSPS) is 13.0. The van der Waals surface area contributed by atoms with Gasteiger partial charge < -0.3 is 15.2 Å². The number of rotatable bonds is 10. The second kappa shape index (κ2) is 11.0. The van der Waals surface area contributed by atoms with Crippen LogP contribution in [0.3, 0.4) is 0 Å². The zero-order valence-electron chi connectivity index (χ0n) is 8.02. The van der Waals surface area contributed by atoms with Gasteiger partial charge in [-0.25, -0.2) is 0 Å². The lowest BCUT2D eigenvalue weighted by molar-refractivity contribution is 0.0465. The van der Waals surface area contributed by atoms with Crippen LogP contribution in [0.1, 0.15) is 6.42 Å². The van der Waals surface area contributed by atoms with Crippen LogP contribution in [-0.2, 0) is 25.0 Å². The highest BCUT2D eigenvalue weighted by atomic mass is 32.2. The molecule has 0 aliphatic heterocycles. The van der Waals surface area contributed by atoms with Gasteiger partial charge in [0.15, 0.2) is 0 Å². The SMILES string of the molecule is NCCOCCOCCCOS(=O)O. The van der Waals surface area contributed by atoms with Gasteiger partial charge >= 0.3 is 11.4 Å². The van der Waals surface area contributed by atoms with E-state index in [1.165, 1.54) is 0 Å². The molecule has 0 rings (SSSR count). The van der Waals surface area contributed by atoms with Gasteiger partial charge in [0.2, 0.25) is 0 Å². The van der Waals surface area contributed by atoms with E-state index in [0.29, 0.717) is 39.4 Å². The molecule has 0 saturated heterocycles. The van der Waals surface area contributed by atoms with Gasteiger partial charge in [-0.2, -0.15) is 4.21 Å². The van der Waals surface area contributed by atoms with Gasteiger partial charge in [-0.1, -0.05) is 0 Å². The van der Waals surface area contributed by atoms with E-state index in [1.54, 1.807) is 0 Å². The van der Waals surface area contributed by atoms with Crippen molar-refractivity contribution < 1.29 is 22.4 Å². The van der Waals surface area contributed by atoms with Crippen LogP contribution in [0, 0.1) is 0 Å². The fraction of sp³-hybridized carbons (Fsp3) is 1.00. The molecule has 0 aliphatic carbocycles. The van der Waals surface area contributed by atoms with E-state index < -0.39 is 11.4 Å². The van der Waals surface area contributed by atoms with Crippen LogP contribution in [0.25, 0.3) is 0 Å². The summed E-state index contributed by atoms with van der Waals surface area (Å²) < 4.78 is 32.8. The van der Waals surface area contributed by atoms with E-state index in [4.69, 9.17) is 19.8 Å². The smallest absolute Gasteiger partial charge is 0.301 e. The zero-order chi connectivity index (χ0) is 10.6. The molecule has 0 saturated carbocycles. The molecule has 0 spiro atoms. The van der Waals surface area contributed by atoms with Crippen molar-refractivity contribution >= 4 is 11.4 Å². The molecule has 14 heavy (non-hydrogen) atoms. The molecule has 0 bridgehead atoms. The average Bonchev–Trinajstić information content (AvgIpc) is 2.15. The highest BCUT2D eigenvalue weighted by Gasteiger charge is 1.93. The highest BCUT2D eigenvalue weighted by Crippen LogP contribution is 1.87. The minimum atomic E-state index is -2.17. The van der Waals surface area contributed by atoms with Crippen LogP contribution < -0.4 is 5.73 Å². The van der Waals surface area contributed by atoms with E-state index in [-0.39, 0.29) is 6.61 Å². The van der Waals surface area contributed by atoms with Crippen molar-refractivity contribution in [3.05, 3.63) is 0 Å². The predicted molar refractivity (Wildman–Crippen MR) is 52.0 cm³/mol. The Kier molecular flexibility index (Phi) is 11.0. The number of hydrogen-bond donors (Lipinski definition) is 2. The number of hydrogen-bond acceptors (Lipinski definition) is 5. The Morgan fingerprint density at radius 3 is 2.29 bits per heavy atom. The van der Waals surface area contributed by atoms with E-state index in [9.17, 15) is 4.21 Å². The van der Waals surface area contributed by atoms with Crippen molar-refractivity contribution in [1.82, 2.24) is 0 Å². The van der Waals surface area contributed by atoms with E-state index >= 15 is 0 Å². The molecule has 0 aliphatic rings. The van der Waals surface area contributed by atoms with Gasteiger partial charge in [0.1, 0.15) is 0 Å². The third-order valence-electron chi connectivity index (χ3n) is 1.25. The fourth-order valence-electron chi connectivity index (χ4n) is 0.697. The molecule has 0 amide bonds. The Labute approximate surface area is 86.2 Å². The van der Waals surface area contributed by atoms with Crippen molar-refractivity contribution in [2.75, 3.05) is 39.6 Å². The third kappa shape index (κ3) is 11.9. The number of nitrogens with two attached hydrogens (primary N) is 1. The summed E-state index contributed by atoms with van der Waals surface area (Å²) >= 11 is -2.17. The summed E-state index contributed by atoms with van der Waals surface area (Å²) in [7, 11) is 0. The summed E-state index contributed by atoms with van der Waals surface area (Å²) in [4.78, 5) is 0. The van der Waals surface area contributed by atoms with Gasteiger partial charge in [-0.15, -0.1) is 0 Å². The van der Waals surface area contributed by atoms with Crippen molar-refractivity contribution in [3.63, 3.8) is 0 Å². The maximum atomic E-state index is 10.0. The lowest BCUT2D eigenvalue weighted by Crippen LogP contribution is -2.12. The van der Waals surface area contributed by atoms with Gasteiger partial charge in [-0.05, 0) is 6.42 Å². The predicted octanol–water partition coefficient (Wildman–Crippen LogP) is -0.478. The molecule has 0 heterocycles. The third-order valence-corrected chi connectivity index (χ3v) is 1.62. The van der Waals surface area contributed by atoms with Gasteiger partial charge in [0, 0.05) is 13.2 Å². The molecule has 0 aromatic rings. The lowest BCUT2D eigenvalue weighted by atomic mass is 10.5. The summed E-state index contributed by atoms with van der Waals surface area (Å²) in [5.74, 6) is 0. The first-order valence-corrected chi connectivity index (χ1v) is 5.40. The van der Waals surface area contributed by atoms with E-state index in [1.807, 2.05) is 0 Å². The minimum absolute atomic E-state index is 0.215. The molecule has 7 heteroatoms. The maximum absolute atomic E-state index is 10.0. The topological polar surface area (TPSA) is 91.0 Å². The Hall–Kier alpha value is -0.0500. The van der Waals surface area contributed by atoms with Crippen LogP contribution >= 0.6 is 0 Å². The lowest BCUT2D eigenvalue weighted by Gasteiger charge is -2.04. The first kappa shape index (κ1) is 13.9. The van der Waals surface area contributed by atoms with Gasteiger partial charge in [0.05, 0.1) is 26.4 Å². The summed E-state index contributed by atoms with van der Waals surface area (Å²) in [6, 6.07) is 0. The Bertz CT molecular complexity index is 146. The molecule has 0 aromatic carbocycles. The van der Waals surface area contributed by atoms with Crippen molar-refractivity contribution in [2.24, 2.45) is 5.73 Å². The van der Waals surface area contributed by atoms with E-state index in [2.05, 4.69) is 4.18 Å². The standard InChI is InChI=1S/C7H17NO5S/c8-2-5-12-7-6-11-3-1-4-13-14(9)10/h1-8H2,(H,9,10). The number of ether oxygens (including phenoxy) is 2. The monoisotopic (exact) mass is 227 g/mol. The second-order valence-corrected chi connectivity index (χ2v) is 3.08. The Balaban J connectivity index is 2.88. The molecular weight excluding hydrogens is 210 g/mol. The Morgan fingerprint density at radius 2 is 1.71 bits per heavy atom. The van der Waals surface area contributed by atoms with Gasteiger partial charge in [-0.3, -0.25) is 8.74 Å². The molecule has 6 nitrogen and oxygen atoms in total. The summed E-state index contributed by atoms with van der Waals surface area (Å²) in [5.41, 5.74) is 5.20. The van der Waals surface area contributed by atoms with Crippen molar-refractivity contribution in [3.8, 4) is 0 Å². The first-order chi connectivity index (χ1) is 6.77. The fourth-order valence-corrected chi connectivity index (χ4v) is 0.957. The summed E-state index contributed by atoms with van der Waals surface area (Å²) in [6.07, 6.45) is 0.586. The molecule has 0 radical (unpaired) electrons. The largest absolute Gasteiger partial charge is 0.379 e. The molecule has 86 valence electrons. The van der Waals surface area contributed by atoms with Crippen molar-refractivity contribution in [1.29, 1.82) is 0 Å². The second-order valence-electron chi connectivity index (χ2n) is 2.41. The first-order valence-electron chi connectivity index (χ1n) is 4.37. The van der Waals surface area contributed by atoms with Crippen LogP contribution in [0.5, 0.6) is 0 Å². The maximum Gasteiger partial charge on any atom is 0.301 e. The van der Waals surface area contributed by atoms with Crippen LogP contribution in [0.15, 0.2) is 0 Å². The molecule has 1 atom stereocenters. The molecule has 3 N–H and O–H groups in total. The Morgan fingerprint density at radius 1 is 1.07 bits per heavy atom. The molecule has 0 aromatic heterocycles. The molecular formula is C7H17NO5S. The van der Waals surface area contributed by atoms with Crippen LogP contribution in [0.4, 0.5) is 0 Å². The van der Waals surface area contributed by atoms with E-state index in [0.717, 1.165) is 0 Å². The quantitative estimate of drug-likeness (QED) is 0.387. The zero-order valence-corrected chi connectivity index (χ0v) is 8.83. The van der Waals surface area contributed by atoms with Crippen molar-refractivity contribution in [2.45, 2.75) is 6.42 Å². The average molecular weight is 227 g/mol. The van der Waals surface area contributed by atoms with Gasteiger partial charge in [0.25, 0.3) is 0 Å². The van der Waals surface area contributed by atoms with Crippen LogP contribution in [0.2, 0.25) is 0 Å². The molecule has 1 unspecified atom stereocenters.